The van der Waals surface area contributed by atoms with Crippen LogP contribution in [-0.2, 0) is 4.79 Å². The van der Waals surface area contributed by atoms with Gasteiger partial charge in [0.15, 0.2) is 0 Å². The minimum Gasteiger partial charge on any atom is -0.494 e. The first-order valence-electron chi connectivity index (χ1n) is 7.10. The van der Waals surface area contributed by atoms with E-state index in [2.05, 4.69) is 10.3 Å². The van der Waals surface area contributed by atoms with E-state index in [0.29, 0.717) is 17.0 Å². The normalized spacial score (nSPS) is 11.8. The molecule has 122 valence electrons. The third-order valence-electron chi connectivity index (χ3n) is 3.51. The van der Waals surface area contributed by atoms with Crippen molar-refractivity contribution in [1.82, 2.24) is 9.88 Å². The average Bonchev–Trinajstić information content (AvgIpc) is 2.54. The third kappa shape index (κ3) is 3.68. The molecule has 1 heterocycles. The number of fused-ring (bicyclic) bond motifs is 1. The number of carbonyl (C=O) groups is 2. The van der Waals surface area contributed by atoms with Crippen molar-refractivity contribution in [3.63, 3.8) is 0 Å². The number of amides is 2. The van der Waals surface area contributed by atoms with Gasteiger partial charge in [0.1, 0.15) is 11.3 Å². The lowest BCUT2D eigenvalue weighted by Crippen LogP contribution is -2.36. The molecule has 0 radical (unpaired) electrons. The van der Waals surface area contributed by atoms with Gasteiger partial charge in [0, 0.05) is 25.2 Å². The fraction of sp³-hybridized carbons (Fsp3) is 0.312. The highest BCUT2D eigenvalue weighted by Crippen LogP contribution is 2.29. The fourth-order valence-electron chi connectivity index (χ4n) is 2.20. The Morgan fingerprint density at radius 2 is 2.13 bits per heavy atom. The number of anilines is 1. The second kappa shape index (κ2) is 6.95. The maximum absolute atomic E-state index is 12.2. The summed E-state index contributed by atoms with van der Waals surface area (Å²) < 4.78 is 5.26. The van der Waals surface area contributed by atoms with Crippen LogP contribution >= 0.6 is 0 Å². The number of benzene rings is 1. The Labute approximate surface area is 133 Å². The van der Waals surface area contributed by atoms with Crippen LogP contribution in [0.15, 0.2) is 30.5 Å². The molecule has 2 amide bonds. The molecule has 23 heavy (non-hydrogen) atoms. The van der Waals surface area contributed by atoms with Crippen molar-refractivity contribution in [2.75, 3.05) is 26.0 Å². The molecule has 2 rings (SSSR count). The summed E-state index contributed by atoms with van der Waals surface area (Å²) in [6.07, 6.45) is 1.65. The molecule has 0 aliphatic rings. The number of aliphatic carboxylic acids is 1. The fourth-order valence-corrected chi connectivity index (χ4v) is 2.20. The van der Waals surface area contributed by atoms with Gasteiger partial charge in [-0.2, -0.15) is 0 Å². The lowest BCUT2D eigenvalue weighted by Gasteiger charge is -2.20. The van der Waals surface area contributed by atoms with Crippen molar-refractivity contribution < 1.29 is 19.4 Å². The zero-order chi connectivity index (χ0) is 17.0. The van der Waals surface area contributed by atoms with Crippen LogP contribution in [0.4, 0.5) is 10.5 Å². The van der Waals surface area contributed by atoms with E-state index in [1.165, 1.54) is 4.90 Å². The van der Waals surface area contributed by atoms with Crippen molar-refractivity contribution >= 4 is 28.6 Å². The SMILES string of the molecule is COc1ccc(NC(=O)N(C)CC(C)C(=O)O)c2cccnc12. The number of rotatable bonds is 5. The van der Waals surface area contributed by atoms with Gasteiger partial charge in [-0.1, -0.05) is 6.92 Å². The number of nitrogens with one attached hydrogen (secondary N) is 1. The first-order valence-corrected chi connectivity index (χ1v) is 7.10. The molecule has 0 saturated carbocycles. The monoisotopic (exact) mass is 317 g/mol. The number of carboxylic acid groups (broad SMARTS) is 1. The molecule has 0 fully saturated rings. The zero-order valence-electron chi connectivity index (χ0n) is 13.2. The quantitative estimate of drug-likeness (QED) is 0.883. The van der Waals surface area contributed by atoms with E-state index in [1.54, 1.807) is 45.5 Å². The van der Waals surface area contributed by atoms with Crippen LogP contribution in [0.2, 0.25) is 0 Å². The van der Waals surface area contributed by atoms with Crippen LogP contribution in [0.5, 0.6) is 5.75 Å². The smallest absolute Gasteiger partial charge is 0.321 e. The maximum atomic E-state index is 12.2. The summed E-state index contributed by atoms with van der Waals surface area (Å²) in [4.78, 5) is 28.7. The van der Waals surface area contributed by atoms with Gasteiger partial charge < -0.3 is 20.1 Å². The number of carboxylic acids is 1. The second-order valence-corrected chi connectivity index (χ2v) is 5.26. The zero-order valence-corrected chi connectivity index (χ0v) is 13.2. The van der Waals surface area contributed by atoms with Crippen LogP contribution in [-0.4, -0.2) is 47.7 Å². The van der Waals surface area contributed by atoms with Gasteiger partial charge >= 0.3 is 12.0 Å². The van der Waals surface area contributed by atoms with Crippen molar-refractivity contribution in [2.24, 2.45) is 5.92 Å². The number of methoxy groups -OCH3 is 1. The highest BCUT2D eigenvalue weighted by molar-refractivity contribution is 6.02. The first-order chi connectivity index (χ1) is 10.9. The summed E-state index contributed by atoms with van der Waals surface area (Å²) in [7, 11) is 3.11. The highest BCUT2D eigenvalue weighted by Gasteiger charge is 2.18. The molecule has 1 aromatic carbocycles. The Morgan fingerprint density at radius 3 is 2.78 bits per heavy atom. The summed E-state index contributed by atoms with van der Waals surface area (Å²) in [6.45, 7) is 1.67. The third-order valence-corrected chi connectivity index (χ3v) is 3.51. The van der Waals surface area contributed by atoms with E-state index < -0.39 is 11.9 Å². The number of ether oxygens (including phenoxy) is 1. The van der Waals surface area contributed by atoms with E-state index >= 15 is 0 Å². The number of hydrogen-bond acceptors (Lipinski definition) is 4. The topological polar surface area (TPSA) is 91.8 Å². The molecule has 2 aromatic rings. The summed E-state index contributed by atoms with van der Waals surface area (Å²) in [5.74, 6) is -0.963. The summed E-state index contributed by atoms with van der Waals surface area (Å²) >= 11 is 0. The molecule has 0 saturated heterocycles. The molecule has 0 bridgehead atoms. The van der Waals surface area contributed by atoms with Crippen molar-refractivity contribution in [1.29, 1.82) is 0 Å². The lowest BCUT2D eigenvalue weighted by molar-refractivity contribution is -0.141. The van der Waals surface area contributed by atoms with Crippen molar-refractivity contribution in [3.05, 3.63) is 30.5 Å². The minimum absolute atomic E-state index is 0.119. The Morgan fingerprint density at radius 1 is 1.39 bits per heavy atom. The average molecular weight is 317 g/mol. The van der Waals surface area contributed by atoms with E-state index in [9.17, 15) is 9.59 Å². The molecular formula is C16H19N3O4. The van der Waals surface area contributed by atoms with Crippen LogP contribution in [0, 0.1) is 5.92 Å². The van der Waals surface area contributed by atoms with Gasteiger partial charge in [0.25, 0.3) is 0 Å². The van der Waals surface area contributed by atoms with E-state index in [-0.39, 0.29) is 12.6 Å². The standard InChI is InChI=1S/C16H19N3O4/c1-10(15(20)21)9-19(2)16(22)18-12-6-7-13(23-3)14-11(12)5-4-8-17-14/h4-8,10H,9H2,1-3H3,(H,18,22)(H,20,21). The predicted molar refractivity (Wildman–Crippen MR) is 86.7 cm³/mol. The van der Waals surface area contributed by atoms with Gasteiger partial charge in [-0.25, -0.2) is 4.79 Å². The van der Waals surface area contributed by atoms with E-state index in [4.69, 9.17) is 9.84 Å². The van der Waals surface area contributed by atoms with Gasteiger partial charge in [0.2, 0.25) is 0 Å². The largest absolute Gasteiger partial charge is 0.494 e. The molecule has 0 spiro atoms. The Bertz CT molecular complexity index is 732. The minimum atomic E-state index is -0.941. The summed E-state index contributed by atoms with van der Waals surface area (Å²) in [6, 6.07) is 6.68. The molecule has 7 heteroatoms. The molecule has 1 atom stereocenters. The van der Waals surface area contributed by atoms with Gasteiger partial charge in [0.05, 0.1) is 18.7 Å². The second-order valence-electron chi connectivity index (χ2n) is 5.26. The Hall–Kier alpha value is -2.83. The van der Waals surface area contributed by atoms with Gasteiger partial charge in [-0.3, -0.25) is 9.78 Å². The van der Waals surface area contributed by atoms with E-state index in [1.807, 2.05) is 6.07 Å². The molecule has 1 unspecified atom stereocenters. The van der Waals surface area contributed by atoms with Crippen molar-refractivity contribution in [2.45, 2.75) is 6.92 Å². The lowest BCUT2D eigenvalue weighted by atomic mass is 10.1. The van der Waals surface area contributed by atoms with Gasteiger partial charge in [-0.05, 0) is 24.3 Å². The molecule has 0 aliphatic heterocycles. The number of hydrogen-bond donors (Lipinski definition) is 2. The maximum Gasteiger partial charge on any atom is 0.321 e. The number of nitrogens with zero attached hydrogens (tertiary/aromatic N) is 2. The molecule has 0 aliphatic carbocycles. The van der Waals surface area contributed by atoms with Gasteiger partial charge in [-0.15, -0.1) is 0 Å². The number of urea groups is 1. The molecular weight excluding hydrogens is 298 g/mol. The number of carbonyl (C=O) groups excluding carboxylic acids is 1. The predicted octanol–water partition coefficient (Wildman–Crippen LogP) is 2.43. The van der Waals surface area contributed by atoms with Crippen LogP contribution in [0.3, 0.4) is 0 Å². The first kappa shape index (κ1) is 16.5. The van der Waals surface area contributed by atoms with E-state index in [0.717, 1.165) is 5.39 Å². The van der Waals surface area contributed by atoms with Crippen LogP contribution < -0.4 is 10.1 Å². The van der Waals surface area contributed by atoms with Crippen LogP contribution in [0.1, 0.15) is 6.92 Å². The van der Waals surface area contributed by atoms with Crippen molar-refractivity contribution in [3.8, 4) is 5.75 Å². The number of pyridine rings is 1. The number of aromatic nitrogens is 1. The Kier molecular flexibility index (Phi) is 5.00. The summed E-state index contributed by atoms with van der Waals surface area (Å²) in [5.41, 5.74) is 1.24. The molecule has 7 nitrogen and oxygen atoms in total. The Balaban J connectivity index is 2.22. The highest BCUT2D eigenvalue weighted by atomic mass is 16.5. The van der Waals surface area contributed by atoms with Crippen LogP contribution in [0.25, 0.3) is 10.9 Å². The molecule has 2 N–H and O–H groups in total. The summed E-state index contributed by atoms with van der Waals surface area (Å²) in [5, 5.41) is 12.4. The molecule has 1 aromatic heterocycles.